The molecular weight excluding hydrogens is 200 g/mol. The van der Waals surface area contributed by atoms with Crippen molar-refractivity contribution in [1.29, 1.82) is 15.8 Å². The van der Waals surface area contributed by atoms with E-state index in [0.29, 0.717) is 11.4 Å². The Labute approximate surface area is 93.7 Å². The lowest BCUT2D eigenvalue weighted by Gasteiger charge is -2.01. The highest BCUT2D eigenvalue weighted by molar-refractivity contribution is 5.94. The smallest absolute Gasteiger partial charge is 0.172 e. The largest absolute Gasteiger partial charge is 0.254 e. The van der Waals surface area contributed by atoms with Crippen molar-refractivity contribution in [2.24, 2.45) is 10.9 Å². The van der Waals surface area contributed by atoms with Crippen LogP contribution in [0.4, 0.5) is 5.69 Å². The van der Waals surface area contributed by atoms with Crippen molar-refractivity contribution in [3.63, 3.8) is 0 Å². The molecule has 4 nitrogen and oxygen atoms in total. The molecule has 0 N–H and O–H groups in total. The Hall–Kier alpha value is -2.64. The van der Waals surface area contributed by atoms with E-state index in [-0.39, 0.29) is 6.42 Å². The van der Waals surface area contributed by atoms with E-state index in [9.17, 15) is 0 Å². The topological polar surface area (TPSA) is 83.7 Å². The number of benzene rings is 1. The number of hydrogen-bond donors (Lipinski definition) is 0. The highest BCUT2D eigenvalue weighted by atomic mass is 14.8. The monoisotopic (exact) mass is 208 g/mol. The van der Waals surface area contributed by atoms with E-state index < -0.39 is 5.92 Å². The molecule has 0 amide bonds. The summed E-state index contributed by atoms with van der Waals surface area (Å²) in [5, 5.41) is 26.1. The molecule has 0 aromatic heterocycles. The first kappa shape index (κ1) is 11.4. The van der Waals surface area contributed by atoms with Crippen LogP contribution in [0.3, 0.4) is 0 Å². The van der Waals surface area contributed by atoms with Gasteiger partial charge in [0.25, 0.3) is 0 Å². The lowest BCUT2D eigenvalue weighted by molar-refractivity contribution is 1.11. The fourth-order valence-electron chi connectivity index (χ4n) is 1.13. The normalized spacial score (nSPS) is 10.2. The molecule has 0 aliphatic rings. The van der Waals surface area contributed by atoms with Crippen molar-refractivity contribution in [3.05, 3.63) is 30.3 Å². The van der Waals surface area contributed by atoms with Crippen LogP contribution in [-0.4, -0.2) is 5.71 Å². The molecule has 1 aromatic carbocycles. The Bertz CT molecular complexity index is 483. The first-order valence-corrected chi connectivity index (χ1v) is 4.60. The summed E-state index contributed by atoms with van der Waals surface area (Å²) in [5.74, 6) is -0.958. The van der Waals surface area contributed by atoms with Gasteiger partial charge in [0.05, 0.1) is 36.0 Å². The van der Waals surface area contributed by atoms with Gasteiger partial charge in [0, 0.05) is 0 Å². The molecule has 16 heavy (non-hydrogen) atoms. The average Bonchev–Trinajstić information content (AvgIpc) is 2.32. The summed E-state index contributed by atoms with van der Waals surface area (Å²) in [6, 6.07) is 14.5. The zero-order valence-electron chi connectivity index (χ0n) is 8.46. The van der Waals surface area contributed by atoms with Gasteiger partial charge in [-0.05, 0) is 12.1 Å². The molecule has 76 valence electrons. The summed E-state index contributed by atoms with van der Waals surface area (Å²) >= 11 is 0. The SMILES string of the molecule is N#CCC(=Nc1ccccc1)C(C#N)C#N. The molecule has 0 radical (unpaired) electrons. The molecule has 0 aliphatic carbocycles. The van der Waals surface area contributed by atoms with Gasteiger partial charge in [-0.2, -0.15) is 15.8 Å². The molecule has 0 aliphatic heterocycles. The molecule has 0 saturated heterocycles. The van der Waals surface area contributed by atoms with Crippen molar-refractivity contribution in [1.82, 2.24) is 0 Å². The minimum absolute atomic E-state index is 0.0132. The predicted molar refractivity (Wildman–Crippen MR) is 58.5 cm³/mol. The molecule has 0 heterocycles. The molecule has 0 unspecified atom stereocenters. The van der Waals surface area contributed by atoms with Crippen LogP contribution >= 0.6 is 0 Å². The molecule has 0 atom stereocenters. The fraction of sp³-hybridized carbons (Fsp3) is 0.167. The lowest BCUT2D eigenvalue weighted by Crippen LogP contribution is -2.09. The van der Waals surface area contributed by atoms with Crippen molar-refractivity contribution < 1.29 is 0 Å². The second-order valence-electron chi connectivity index (χ2n) is 2.96. The number of hydrogen-bond acceptors (Lipinski definition) is 4. The van der Waals surface area contributed by atoms with Gasteiger partial charge in [-0.25, -0.2) is 0 Å². The number of nitriles is 3. The molecule has 0 fully saturated rings. The molecular formula is C12H8N4. The lowest BCUT2D eigenvalue weighted by atomic mass is 10.0. The third kappa shape index (κ3) is 2.94. The van der Waals surface area contributed by atoms with Crippen LogP contribution in [0.15, 0.2) is 35.3 Å². The second kappa shape index (κ2) is 5.96. The van der Waals surface area contributed by atoms with E-state index in [2.05, 4.69) is 4.99 Å². The maximum atomic E-state index is 8.74. The van der Waals surface area contributed by atoms with Gasteiger partial charge in [-0.1, -0.05) is 18.2 Å². The summed E-state index contributed by atoms with van der Waals surface area (Å²) < 4.78 is 0. The van der Waals surface area contributed by atoms with Crippen LogP contribution in [0.25, 0.3) is 0 Å². The molecule has 0 spiro atoms. The predicted octanol–water partition coefficient (Wildman–Crippen LogP) is 2.34. The van der Waals surface area contributed by atoms with Crippen molar-refractivity contribution in [3.8, 4) is 18.2 Å². The van der Waals surface area contributed by atoms with Gasteiger partial charge in [-0.3, -0.25) is 4.99 Å². The first-order valence-electron chi connectivity index (χ1n) is 4.60. The van der Waals surface area contributed by atoms with E-state index in [0.717, 1.165) is 0 Å². The number of rotatable bonds is 3. The molecule has 1 rings (SSSR count). The molecule has 0 bridgehead atoms. The third-order valence-electron chi connectivity index (χ3n) is 1.88. The van der Waals surface area contributed by atoms with Gasteiger partial charge in [0.2, 0.25) is 0 Å². The van der Waals surface area contributed by atoms with Crippen LogP contribution in [0.1, 0.15) is 6.42 Å². The quantitative estimate of drug-likeness (QED) is 0.714. The van der Waals surface area contributed by atoms with Gasteiger partial charge >= 0.3 is 0 Å². The van der Waals surface area contributed by atoms with Crippen LogP contribution in [-0.2, 0) is 0 Å². The zero-order valence-corrected chi connectivity index (χ0v) is 8.46. The average molecular weight is 208 g/mol. The fourth-order valence-corrected chi connectivity index (χ4v) is 1.13. The van der Waals surface area contributed by atoms with Gasteiger partial charge in [0.1, 0.15) is 0 Å². The summed E-state index contributed by atoms with van der Waals surface area (Å²) in [6.45, 7) is 0. The second-order valence-corrected chi connectivity index (χ2v) is 2.96. The van der Waals surface area contributed by atoms with Crippen molar-refractivity contribution in [2.45, 2.75) is 6.42 Å². The first-order chi connectivity index (χ1) is 7.81. The highest BCUT2D eigenvalue weighted by Crippen LogP contribution is 2.14. The van der Waals surface area contributed by atoms with E-state index in [4.69, 9.17) is 15.8 Å². The maximum Gasteiger partial charge on any atom is 0.172 e. The van der Waals surface area contributed by atoms with Crippen molar-refractivity contribution >= 4 is 11.4 Å². The van der Waals surface area contributed by atoms with Gasteiger partial charge in [0.15, 0.2) is 5.92 Å². The Balaban J connectivity index is 3.05. The van der Waals surface area contributed by atoms with E-state index >= 15 is 0 Å². The summed E-state index contributed by atoms with van der Waals surface area (Å²) in [4.78, 5) is 4.14. The van der Waals surface area contributed by atoms with Crippen LogP contribution in [0.5, 0.6) is 0 Å². The van der Waals surface area contributed by atoms with E-state index in [1.165, 1.54) is 0 Å². The van der Waals surface area contributed by atoms with Gasteiger partial charge in [-0.15, -0.1) is 0 Å². The van der Waals surface area contributed by atoms with Crippen LogP contribution in [0.2, 0.25) is 0 Å². The Morgan fingerprint density at radius 2 is 1.75 bits per heavy atom. The van der Waals surface area contributed by atoms with Gasteiger partial charge < -0.3 is 0 Å². The maximum absolute atomic E-state index is 8.74. The van der Waals surface area contributed by atoms with E-state index in [1.54, 1.807) is 24.3 Å². The van der Waals surface area contributed by atoms with Crippen LogP contribution in [0, 0.1) is 39.9 Å². The number of para-hydroxylation sites is 1. The summed E-state index contributed by atoms with van der Waals surface area (Å²) in [5.41, 5.74) is 0.932. The zero-order chi connectivity index (χ0) is 11.8. The Morgan fingerprint density at radius 3 is 2.25 bits per heavy atom. The van der Waals surface area contributed by atoms with E-state index in [1.807, 2.05) is 24.3 Å². The third-order valence-corrected chi connectivity index (χ3v) is 1.88. The standard InChI is InChI=1S/C12H8N4/c13-7-6-12(10(8-14)9-15)16-11-4-2-1-3-5-11/h1-5,10H,6H2. The van der Waals surface area contributed by atoms with Crippen molar-refractivity contribution in [2.75, 3.05) is 0 Å². The Morgan fingerprint density at radius 1 is 1.12 bits per heavy atom. The highest BCUT2D eigenvalue weighted by Gasteiger charge is 2.14. The molecule has 4 heteroatoms. The molecule has 0 saturated carbocycles. The minimum atomic E-state index is -0.958. The molecule has 1 aromatic rings. The van der Waals surface area contributed by atoms with Crippen LogP contribution < -0.4 is 0 Å². The number of nitrogens with zero attached hydrogens (tertiary/aromatic N) is 4. The Kier molecular flexibility index (Phi) is 4.26. The number of aliphatic imine (C=N–C) groups is 1. The summed E-state index contributed by atoms with van der Waals surface area (Å²) in [6.07, 6.45) is -0.0132. The summed E-state index contributed by atoms with van der Waals surface area (Å²) in [7, 11) is 0. The minimum Gasteiger partial charge on any atom is -0.254 e.